The van der Waals surface area contributed by atoms with Crippen LogP contribution in [0.15, 0.2) is 12.1 Å². The molecule has 6 nitrogen and oxygen atoms in total. The third-order valence-corrected chi connectivity index (χ3v) is 8.99. The largest absolute Gasteiger partial charge is 0.478 e. The molecule has 5 atom stereocenters. The zero-order chi connectivity index (χ0) is 24.2. The topological polar surface area (TPSA) is 94.9 Å². The molecule has 0 spiro atoms. The summed E-state index contributed by atoms with van der Waals surface area (Å²) in [6.07, 6.45) is 5.57. The first kappa shape index (κ1) is 23.8. The van der Waals surface area contributed by atoms with Crippen LogP contribution in [0.1, 0.15) is 104 Å². The molecule has 6 heteroatoms. The Labute approximate surface area is 196 Å². The van der Waals surface area contributed by atoms with Gasteiger partial charge in [-0.1, -0.05) is 6.92 Å². The van der Waals surface area contributed by atoms with Gasteiger partial charge in [-0.15, -0.1) is 0 Å². The number of carboxylic acid groups (broad SMARTS) is 2. The maximum atomic E-state index is 13.7. The van der Waals surface area contributed by atoms with Gasteiger partial charge >= 0.3 is 11.9 Å². The van der Waals surface area contributed by atoms with E-state index >= 15 is 0 Å². The molecule has 180 valence electrons. The first-order valence-electron chi connectivity index (χ1n) is 12.4. The third kappa shape index (κ3) is 3.75. The van der Waals surface area contributed by atoms with E-state index < -0.39 is 11.9 Å². The third-order valence-electron chi connectivity index (χ3n) is 8.99. The van der Waals surface area contributed by atoms with Crippen molar-refractivity contribution < 1.29 is 24.6 Å². The number of aromatic carboxylic acids is 2. The smallest absolute Gasteiger partial charge is 0.336 e. The molecular weight excluding hydrogens is 418 g/mol. The van der Waals surface area contributed by atoms with Gasteiger partial charge in [-0.3, -0.25) is 4.79 Å². The van der Waals surface area contributed by atoms with E-state index in [4.69, 9.17) is 0 Å². The molecule has 3 aliphatic carbocycles. The van der Waals surface area contributed by atoms with Gasteiger partial charge < -0.3 is 15.1 Å². The number of carbonyl (C=O) groups excluding carboxylic acids is 1. The van der Waals surface area contributed by atoms with Crippen molar-refractivity contribution in [2.45, 2.75) is 91.1 Å². The van der Waals surface area contributed by atoms with Crippen molar-refractivity contribution in [2.75, 3.05) is 0 Å². The van der Waals surface area contributed by atoms with Crippen LogP contribution >= 0.6 is 0 Å². The lowest BCUT2D eigenvalue weighted by atomic mass is 9.54. The first-order valence-corrected chi connectivity index (χ1v) is 12.4. The summed E-state index contributed by atoms with van der Waals surface area (Å²) in [6.45, 7) is 10.7. The molecule has 33 heavy (non-hydrogen) atoms. The molecule has 2 N–H and O–H groups in total. The lowest BCUT2D eigenvalue weighted by Crippen LogP contribution is -2.50. The second-order valence-electron chi connectivity index (χ2n) is 11.2. The number of aryl methyl sites for hydroxylation is 1. The monoisotopic (exact) mass is 455 g/mol. The molecular formula is C27H37NO5. The van der Waals surface area contributed by atoms with Crippen LogP contribution in [0.25, 0.3) is 0 Å². The van der Waals surface area contributed by atoms with Crippen LogP contribution in [0.2, 0.25) is 0 Å². The summed E-state index contributed by atoms with van der Waals surface area (Å²) in [4.78, 5) is 39.2. The van der Waals surface area contributed by atoms with E-state index in [0.717, 1.165) is 49.7 Å². The molecule has 1 amide bonds. The highest BCUT2D eigenvalue weighted by atomic mass is 16.4. The van der Waals surface area contributed by atoms with Gasteiger partial charge in [0.1, 0.15) is 0 Å². The quantitative estimate of drug-likeness (QED) is 0.636. The number of nitrogens with zero attached hydrogens (tertiary/aromatic N) is 1. The van der Waals surface area contributed by atoms with Crippen molar-refractivity contribution in [1.82, 2.24) is 4.90 Å². The Morgan fingerprint density at radius 3 is 2.12 bits per heavy atom. The van der Waals surface area contributed by atoms with Crippen molar-refractivity contribution in [3.8, 4) is 0 Å². The fraction of sp³-hybridized carbons (Fsp3) is 0.667. The molecule has 0 saturated heterocycles. The zero-order valence-electron chi connectivity index (χ0n) is 20.4. The van der Waals surface area contributed by atoms with Gasteiger partial charge in [0.2, 0.25) is 5.91 Å². The van der Waals surface area contributed by atoms with Gasteiger partial charge in [0.25, 0.3) is 0 Å². The molecule has 1 aromatic carbocycles. The normalized spacial score (nSPS) is 30.5. The van der Waals surface area contributed by atoms with Crippen LogP contribution in [0.4, 0.5) is 0 Å². The van der Waals surface area contributed by atoms with Gasteiger partial charge in [-0.2, -0.15) is 0 Å². The van der Waals surface area contributed by atoms with Crippen molar-refractivity contribution >= 4 is 17.8 Å². The fourth-order valence-corrected chi connectivity index (χ4v) is 7.67. The second kappa shape index (κ2) is 8.44. The first-order chi connectivity index (χ1) is 15.5. The predicted molar refractivity (Wildman–Crippen MR) is 126 cm³/mol. The van der Waals surface area contributed by atoms with Gasteiger partial charge in [0.15, 0.2) is 0 Å². The van der Waals surface area contributed by atoms with Crippen LogP contribution in [0.5, 0.6) is 0 Å². The Kier molecular flexibility index (Phi) is 6.08. The molecule has 3 aliphatic rings. The minimum Gasteiger partial charge on any atom is -0.478 e. The number of carboxylic acids is 2. The van der Waals surface area contributed by atoms with Crippen LogP contribution < -0.4 is 0 Å². The van der Waals surface area contributed by atoms with Crippen LogP contribution in [-0.2, 0) is 11.2 Å². The Balaban J connectivity index is 1.66. The number of amides is 1. The standard InChI is InChI=1S/C27H37NO5/c1-14(2)28(15(3)4)24(29)23-9-8-22-18-7-6-16-12-20(25(30)31)21(26(32)33)13-19(16)17(18)10-11-27(22,23)5/h12-15,17-18,22-23H,6-11H2,1-5H3,(H,30,31)(H,32,33)/t17-,18+,22-,23+,27-/m0/s1. The summed E-state index contributed by atoms with van der Waals surface area (Å²) in [6, 6.07) is 3.58. The van der Waals surface area contributed by atoms with Crippen molar-refractivity contribution in [3.05, 3.63) is 34.4 Å². The SMILES string of the molecule is CC(C)N(C(=O)[C@H]1CC[C@H]2[C@@H]3CCc4cc(C(=O)O)c(C(=O)O)cc4[C@H]3CC[C@]12C)C(C)C. The molecule has 4 rings (SSSR count). The van der Waals surface area contributed by atoms with Crippen LogP contribution in [0.3, 0.4) is 0 Å². The zero-order valence-corrected chi connectivity index (χ0v) is 20.4. The maximum Gasteiger partial charge on any atom is 0.336 e. The molecule has 2 saturated carbocycles. The van der Waals surface area contributed by atoms with Gasteiger partial charge in [0, 0.05) is 18.0 Å². The summed E-state index contributed by atoms with van der Waals surface area (Å²) in [5.74, 6) is -0.951. The Morgan fingerprint density at radius 2 is 1.55 bits per heavy atom. The Morgan fingerprint density at radius 1 is 0.939 bits per heavy atom. The summed E-state index contributed by atoms with van der Waals surface area (Å²) in [5, 5.41) is 19.1. The van der Waals surface area contributed by atoms with E-state index in [-0.39, 0.29) is 40.5 Å². The summed E-state index contributed by atoms with van der Waals surface area (Å²) >= 11 is 0. The molecule has 0 aliphatic heterocycles. The van der Waals surface area contributed by atoms with Crippen molar-refractivity contribution in [1.29, 1.82) is 0 Å². The summed E-state index contributed by atoms with van der Waals surface area (Å²) < 4.78 is 0. The number of hydrogen-bond donors (Lipinski definition) is 2. The van der Waals surface area contributed by atoms with E-state index in [0.29, 0.717) is 17.7 Å². The number of fused-ring (bicyclic) bond motifs is 5. The van der Waals surface area contributed by atoms with Gasteiger partial charge in [-0.05, 0) is 113 Å². The Bertz CT molecular complexity index is 975. The van der Waals surface area contributed by atoms with Crippen molar-refractivity contribution in [3.63, 3.8) is 0 Å². The van der Waals surface area contributed by atoms with Gasteiger partial charge in [0.05, 0.1) is 11.1 Å². The predicted octanol–water partition coefficient (Wildman–Crippen LogP) is 5.20. The lowest BCUT2D eigenvalue weighted by molar-refractivity contribution is -0.144. The maximum absolute atomic E-state index is 13.7. The lowest BCUT2D eigenvalue weighted by Gasteiger charge is -2.51. The molecule has 0 unspecified atom stereocenters. The van der Waals surface area contributed by atoms with E-state index in [2.05, 4.69) is 34.6 Å². The highest BCUT2D eigenvalue weighted by Crippen LogP contribution is 2.63. The average molecular weight is 456 g/mol. The minimum atomic E-state index is -1.19. The molecule has 2 fully saturated rings. The fourth-order valence-electron chi connectivity index (χ4n) is 7.67. The Hall–Kier alpha value is -2.37. The number of hydrogen-bond acceptors (Lipinski definition) is 3. The van der Waals surface area contributed by atoms with Crippen LogP contribution in [-0.4, -0.2) is 45.0 Å². The minimum absolute atomic E-state index is 0.0333. The molecule has 1 aromatic rings. The van der Waals surface area contributed by atoms with E-state index in [9.17, 15) is 24.6 Å². The van der Waals surface area contributed by atoms with Crippen molar-refractivity contribution in [2.24, 2.45) is 23.2 Å². The summed E-state index contributed by atoms with van der Waals surface area (Å²) in [5.41, 5.74) is 1.75. The highest BCUT2D eigenvalue weighted by molar-refractivity contribution is 6.02. The summed E-state index contributed by atoms with van der Waals surface area (Å²) in [7, 11) is 0. The highest BCUT2D eigenvalue weighted by Gasteiger charge is 2.57. The second-order valence-corrected chi connectivity index (χ2v) is 11.2. The van der Waals surface area contributed by atoms with E-state index in [1.165, 1.54) is 0 Å². The van der Waals surface area contributed by atoms with E-state index in [1.54, 1.807) is 12.1 Å². The molecule has 0 bridgehead atoms. The van der Waals surface area contributed by atoms with Gasteiger partial charge in [-0.25, -0.2) is 9.59 Å². The number of carbonyl (C=O) groups is 3. The number of rotatable bonds is 5. The van der Waals surface area contributed by atoms with E-state index in [1.807, 2.05) is 4.90 Å². The average Bonchev–Trinajstić information content (AvgIpc) is 3.09. The number of benzene rings is 1. The van der Waals surface area contributed by atoms with Crippen LogP contribution in [0, 0.1) is 23.2 Å². The molecule has 0 aromatic heterocycles. The molecule has 0 radical (unpaired) electrons. The molecule has 0 heterocycles.